The molecule has 6 rings (SSSR count). The van der Waals surface area contributed by atoms with Crippen molar-refractivity contribution in [2.75, 3.05) is 60.6 Å². The zero-order chi connectivity index (χ0) is 49.8. The summed E-state index contributed by atoms with van der Waals surface area (Å²) >= 11 is 0. The highest BCUT2D eigenvalue weighted by molar-refractivity contribution is 7.90. The van der Waals surface area contributed by atoms with Crippen LogP contribution in [0.3, 0.4) is 0 Å². The Kier molecular flexibility index (Phi) is 16.1. The van der Waals surface area contributed by atoms with Crippen LogP contribution in [0, 0.1) is 29.5 Å². The number of nitrogens with zero attached hydrogens (tertiary/aromatic N) is 3. The van der Waals surface area contributed by atoms with Gasteiger partial charge in [-0.3, -0.25) is 28.8 Å². The van der Waals surface area contributed by atoms with Gasteiger partial charge in [0.15, 0.2) is 9.84 Å². The van der Waals surface area contributed by atoms with Crippen molar-refractivity contribution in [1.29, 1.82) is 0 Å². The van der Waals surface area contributed by atoms with Gasteiger partial charge in [-0.25, -0.2) is 12.8 Å². The third-order valence-corrected chi connectivity index (χ3v) is 14.7. The monoisotopic (exact) mass is 961 g/mol. The summed E-state index contributed by atoms with van der Waals surface area (Å²) in [6, 6.07) is 12.0. The minimum absolute atomic E-state index is 0.0953. The molecule has 368 valence electrons. The van der Waals surface area contributed by atoms with Gasteiger partial charge in [-0.1, -0.05) is 39.8 Å². The number of rotatable bonds is 16. The van der Waals surface area contributed by atoms with Gasteiger partial charge in [-0.15, -0.1) is 0 Å². The molecule has 3 saturated heterocycles. The van der Waals surface area contributed by atoms with Crippen LogP contribution in [0.4, 0.5) is 32.8 Å². The van der Waals surface area contributed by atoms with Crippen molar-refractivity contribution in [3.8, 4) is 0 Å². The molecule has 6 N–H and O–H groups in total. The van der Waals surface area contributed by atoms with E-state index in [2.05, 4.69) is 10.6 Å². The Hall–Kier alpha value is -6.24. The molecule has 0 aliphatic carbocycles. The summed E-state index contributed by atoms with van der Waals surface area (Å²) in [7, 11) is -1.34. The van der Waals surface area contributed by atoms with E-state index in [4.69, 9.17) is 20.9 Å². The smallest absolute Gasteiger partial charge is 0.306 e. The third kappa shape index (κ3) is 11.2. The van der Waals surface area contributed by atoms with Crippen molar-refractivity contribution >= 4 is 73.8 Å². The largest absolute Gasteiger partial charge is 0.469 e. The van der Waals surface area contributed by atoms with Crippen molar-refractivity contribution in [2.24, 2.45) is 23.7 Å². The van der Waals surface area contributed by atoms with Crippen LogP contribution in [0.25, 0.3) is 0 Å². The number of nitrogens with two attached hydrogens (primary N) is 2. The van der Waals surface area contributed by atoms with Gasteiger partial charge >= 0.3 is 11.9 Å². The average molecular weight is 962 g/mol. The molecule has 3 fully saturated rings. The second kappa shape index (κ2) is 21.4. The first kappa shape index (κ1) is 51.2. The first-order valence-corrected chi connectivity index (χ1v) is 25.0. The number of sulfone groups is 1. The molecule has 3 heterocycles. The minimum Gasteiger partial charge on any atom is -0.469 e. The number of anilines is 5. The maximum absolute atomic E-state index is 15.6. The highest BCUT2D eigenvalue weighted by Gasteiger charge is 2.42. The van der Waals surface area contributed by atoms with Crippen LogP contribution >= 0.6 is 0 Å². The Bertz CT molecular complexity index is 2410. The van der Waals surface area contributed by atoms with Crippen molar-refractivity contribution in [1.82, 2.24) is 9.80 Å². The average Bonchev–Trinajstić information content (AvgIpc) is 4.08. The van der Waals surface area contributed by atoms with Crippen LogP contribution in [-0.2, 0) is 48.1 Å². The number of nitrogen functional groups attached to an aromatic ring is 2. The van der Waals surface area contributed by atoms with Crippen molar-refractivity contribution in [3.05, 3.63) is 71.5 Å². The lowest BCUT2D eigenvalue weighted by molar-refractivity contribution is -0.149. The van der Waals surface area contributed by atoms with Gasteiger partial charge in [0, 0.05) is 25.0 Å². The fourth-order valence-electron chi connectivity index (χ4n) is 9.79. The van der Waals surface area contributed by atoms with Crippen LogP contribution in [0.1, 0.15) is 102 Å². The highest BCUT2D eigenvalue weighted by atomic mass is 32.2. The van der Waals surface area contributed by atoms with Crippen molar-refractivity contribution < 1.29 is 51.0 Å². The van der Waals surface area contributed by atoms with E-state index >= 15 is 4.39 Å². The zero-order valence-corrected chi connectivity index (χ0v) is 40.6. The van der Waals surface area contributed by atoms with Gasteiger partial charge in [0.25, 0.3) is 0 Å². The molecule has 3 aliphatic rings. The lowest BCUT2D eigenvalue weighted by Gasteiger charge is -2.34. The summed E-state index contributed by atoms with van der Waals surface area (Å²) in [6.07, 6.45) is 3.92. The Morgan fingerprint density at radius 3 is 1.46 bits per heavy atom. The number of hydrogen-bond acceptors (Lipinski definition) is 13. The molecule has 3 aromatic rings. The molecule has 19 heteroatoms. The molecule has 4 amide bonds. The fourth-order valence-corrected chi connectivity index (χ4v) is 10.5. The maximum atomic E-state index is 15.6. The topological polar surface area (TPSA) is 241 Å². The normalized spacial score (nSPS) is 20.4. The lowest BCUT2D eigenvalue weighted by Crippen LogP contribution is -2.47. The maximum Gasteiger partial charge on any atom is 0.306 e. The summed E-state index contributed by atoms with van der Waals surface area (Å²) < 4.78 is 50.1. The predicted octanol–water partition coefficient (Wildman–Crippen LogP) is 6.01. The van der Waals surface area contributed by atoms with E-state index < -0.39 is 80.3 Å². The van der Waals surface area contributed by atoms with Gasteiger partial charge in [0.05, 0.1) is 73.7 Å². The quantitative estimate of drug-likeness (QED) is 0.0952. The first-order chi connectivity index (χ1) is 32.1. The highest BCUT2D eigenvalue weighted by Crippen LogP contribution is 2.48. The molecular weight excluding hydrogens is 898 g/mol. The molecule has 0 aromatic heterocycles. The number of methoxy groups -OCH3 is 2. The molecule has 0 saturated carbocycles. The first-order valence-electron chi connectivity index (χ1n) is 23.1. The number of amides is 4. The SMILES string of the molecule is COC(=O)C[C@H](C(=O)N1CCC[C@H]1C(=O)Nc1ccc([C@H]2CC[C@H](c3ccc(NC(=O)[C@@H]4CCCN4C(=O)[C@@H](CC(=O)OC)C(C)C)c(N)c3)N2c2ccc(S(C)(=O)=O)c(F)c2)cc1N)C(C)C. The predicted molar refractivity (Wildman–Crippen MR) is 255 cm³/mol. The number of carbonyl (C=O) groups is 6. The summed E-state index contributed by atoms with van der Waals surface area (Å²) in [6.45, 7) is 8.11. The third-order valence-electron chi connectivity index (χ3n) is 13.6. The number of esters is 2. The van der Waals surface area contributed by atoms with E-state index in [0.717, 1.165) is 17.4 Å². The number of carbonyl (C=O) groups excluding carboxylic acids is 6. The molecule has 0 spiro atoms. The second-order valence-corrected chi connectivity index (χ2v) is 20.7. The number of benzene rings is 3. The Labute approximate surface area is 397 Å². The van der Waals surface area contributed by atoms with Gasteiger partial charge in [-0.2, -0.15) is 0 Å². The number of hydrogen-bond donors (Lipinski definition) is 4. The summed E-state index contributed by atoms with van der Waals surface area (Å²) in [5.41, 5.74) is 16.3. The van der Waals surface area contributed by atoms with Crippen molar-refractivity contribution in [2.45, 2.75) is 108 Å². The zero-order valence-electron chi connectivity index (χ0n) is 39.8. The van der Waals surface area contributed by atoms with E-state index in [9.17, 15) is 37.2 Å². The summed E-state index contributed by atoms with van der Waals surface area (Å²) in [4.78, 5) is 83.7. The molecule has 0 radical (unpaired) electrons. The summed E-state index contributed by atoms with van der Waals surface area (Å²) in [5, 5.41) is 5.80. The van der Waals surface area contributed by atoms with E-state index in [1.54, 1.807) is 42.5 Å². The second-order valence-electron chi connectivity index (χ2n) is 18.7. The fraction of sp³-hybridized carbons (Fsp3) is 0.510. The standard InChI is InChI=1S/C49H64FN7O10S/c1-27(2)32(25-44(58)66-5)48(62)55-20-8-10-41(55)46(60)53-37-15-12-29(22-35(37)51)39-17-18-40(57(39)31-14-19-43(34(50)24-31)68(7,64)65)30-13-16-38(36(52)23-30)54-47(61)42-11-9-21-56(42)49(63)33(28(3)4)26-45(59)67-6/h12-16,19,22-24,27-28,32-33,39-42H,8-11,17-18,20-21,25-26,51-52H2,1-7H3,(H,53,60)(H,54,61)/t32-,33-,39+,40+,41-,42-/m0/s1. The number of nitrogens with one attached hydrogen (secondary N) is 2. The van der Waals surface area contributed by atoms with Crippen LogP contribution < -0.4 is 27.0 Å². The van der Waals surface area contributed by atoms with Gasteiger partial charge < -0.3 is 46.3 Å². The molecule has 68 heavy (non-hydrogen) atoms. The number of halogens is 1. The van der Waals surface area contributed by atoms with Gasteiger partial charge in [-0.05, 0) is 104 Å². The van der Waals surface area contributed by atoms with Crippen LogP contribution in [-0.4, -0.2) is 99.4 Å². The molecule has 0 bridgehead atoms. The van der Waals surface area contributed by atoms with Crippen molar-refractivity contribution in [3.63, 3.8) is 0 Å². The van der Waals surface area contributed by atoms with E-state index in [0.29, 0.717) is 68.7 Å². The van der Waals surface area contributed by atoms with Crippen LogP contribution in [0.15, 0.2) is 59.5 Å². The number of likely N-dealkylation sites (tertiary alicyclic amines) is 2. The number of ether oxygens (including phenoxy) is 2. The molecule has 3 aliphatic heterocycles. The Balaban J connectivity index is 1.23. The molecule has 0 unspecified atom stereocenters. The van der Waals surface area contributed by atoms with Crippen LogP contribution in [0.2, 0.25) is 0 Å². The van der Waals surface area contributed by atoms with E-state index in [1.165, 1.54) is 36.2 Å². The lowest BCUT2D eigenvalue weighted by atomic mass is 9.90. The summed E-state index contributed by atoms with van der Waals surface area (Å²) in [5.74, 6) is -4.97. The van der Waals surface area contributed by atoms with Gasteiger partial charge in [0.2, 0.25) is 23.6 Å². The van der Waals surface area contributed by atoms with Crippen LogP contribution in [0.5, 0.6) is 0 Å². The Morgan fingerprint density at radius 1 is 0.676 bits per heavy atom. The molecule has 3 aromatic carbocycles. The molecule has 6 atom stereocenters. The van der Waals surface area contributed by atoms with E-state index in [1.807, 2.05) is 32.6 Å². The van der Waals surface area contributed by atoms with Gasteiger partial charge in [0.1, 0.15) is 22.8 Å². The molecule has 17 nitrogen and oxygen atoms in total. The Morgan fingerprint density at radius 2 is 1.10 bits per heavy atom. The minimum atomic E-state index is -3.88. The van der Waals surface area contributed by atoms with E-state index in [-0.39, 0.29) is 47.9 Å². The molecular formula is C49H64FN7O10S.